The van der Waals surface area contributed by atoms with Crippen molar-refractivity contribution in [2.75, 3.05) is 7.11 Å². The van der Waals surface area contributed by atoms with Gasteiger partial charge >= 0.3 is 6.18 Å². The summed E-state index contributed by atoms with van der Waals surface area (Å²) in [6, 6.07) is 8.22. The maximum atomic E-state index is 13.0. The van der Waals surface area contributed by atoms with Crippen molar-refractivity contribution in [1.29, 1.82) is 0 Å². The van der Waals surface area contributed by atoms with Gasteiger partial charge in [0.2, 0.25) is 0 Å². The molecule has 1 aliphatic heterocycles. The number of carbonyl (C=O) groups is 1. The van der Waals surface area contributed by atoms with Crippen LogP contribution in [0.5, 0.6) is 0 Å². The standard InChI is InChI=1S/C22H20F3NO3S2/c1-28-16-7-5-15(6-8-16)26-20(27)19(31-21(26)30)12-17-9-10-18(29-17)13-3-2-4-14(11-13)22(23,24)25/h2-4,9-12,15-16H,5-8H2,1H3/b19-12+. The fourth-order valence-corrected chi connectivity index (χ4v) is 5.28. The van der Waals surface area contributed by atoms with Gasteiger partial charge in [-0.25, -0.2) is 0 Å². The summed E-state index contributed by atoms with van der Waals surface area (Å²) in [6.45, 7) is 0. The first-order chi connectivity index (χ1) is 14.8. The van der Waals surface area contributed by atoms with Gasteiger partial charge in [0.05, 0.1) is 16.6 Å². The van der Waals surface area contributed by atoms with Gasteiger partial charge in [-0.15, -0.1) is 0 Å². The Hall–Kier alpha value is -2.10. The first kappa shape index (κ1) is 22.1. The average Bonchev–Trinajstić information content (AvgIpc) is 3.32. The van der Waals surface area contributed by atoms with Gasteiger partial charge in [0.25, 0.3) is 5.91 Å². The van der Waals surface area contributed by atoms with Crippen molar-refractivity contribution >= 4 is 40.3 Å². The number of hydrogen-bond donors (Lipinski definition) is 0. The van der Waals surface area contributed by atoms with E-state index in [0.29, 0.717) is 26.3 Å². The van der Waals surface area contributed by atoms with Gasteiger partial charge in [-0.1, -0.05) is 36.1 Å². The number of ether oxygens (including phenoxy) is 1. The molecule has 1 aliphatic carbocycles. The fraction of sp³-hybridized carbons (Fsp3) is 0.364. The van der Waals surface area contributed by atoms with E-state index in [2.05, 4.69) is 0 Å². The first-order valence-corrected chi connectivity index (χ1v) is 11.1. The summed E-state index contributed by atoms with van der Waals surface area (Å²) in [4.78, 5) is 15.1. The molecule has 1 aromatic carbocycles. The van der Waals surface area contributed by atoms with E-state index in [9.17, 15) is 18.0 Å². The van der Waals surface area contributed by atoms with Crippen molar-refractivity contribution in [3.05, 3.63) is 52.6 Å². The third-order valence-electron chi connectivity index (χ3n) is 5.54. The maximum absolute atomic E-state index is 13.0. The highest BCUT2D eigenvalue weighted by molar-refractivity contribution is 8.26. The number of hydrogen-bond acceptors (Lipinski definition) is 5. The topological polar surface area (TPSA) is 42.7 Å². The van der Waals surface area contributed by atoms with Crippen LogP contribution in [0.1, 0.15) is 37.0 Å². The molecule has 1 aromatic heterocycles. The molecular weight excluding hydrogens is 447 g/mol. The minimum Gasteiger partial charge on any atom is -0.457 e. The van der Waals surface area contributed by atoms with Gasteiger partial charge in [0.1, 0.15) is 15.8 Å². The van der Waals surface area contributed by atoms with Crippen LogP contribution in [-0.2, 0) is 15.7 Å². The van der Waals surface area contributed by atoms with Gasteiger partial charge in [0.15, 0.2) is 0 Å². The van der Waals surface area contributed by atoms with E-state index < -0.39 is 11.7 Å². The number of rotatable bonds is 4. The Kier molecular flexibility index (Phi) is 6.27. The largest absolute Gasteiger partial charge is 0.457 e. The number of thioether (sulfide) groups is 1. The van der Waals surface area contributed by atoms with Gasteiger partial charge < -0.3 is 9.15 Å². The maximum Gasteiger partial charge on any atom is 0.416 e. The Balaban J connectivity index is 1.51. The average molecular weight is 468 g/mol. The summed E-state index contributed by atoms with van der Waals surface area (Å²) in [5.41, 5.74) is -0.427. The lowest BCUT2D eigenvalue weighted by Gasteiger charge is -2.33. The molecule has 164 valence electrons. The van der Waals surface area contributed by atoms with Gasteiger partial charge in [-0.05, 0) is 49.9 Å². The van der Waals surface area contributed by atoms with E-state index in [1.54, 1.807) is 36.3 Å². The molecule has 0 radical (unpaired) electrons. The Morgan fingerprint density at radius 3 is 2.61 bits per heavy atom. The lowest BCUT2D eigenvalue weighted by atomic mass is 9.92. The summed E-state index contributed by atoms with van der Waals surface area (Å²) in [5.74, 6) is 0.523. The van der Waals surface area contributed by atoms with Crippen molar-refractivity contribution in [3.8, 4) is 11.3 Å². The van der Waals surface area contributed by atoms with Gasteiger partial charge in [-0.2, -0.15) is 13.2 Å². The monoisotopic (exact) mass is 467 g/mol. The number of furan rings is 1. The van der Waals surface area contributed by atoms with Crippen LogP contribution in [0.2, 0.25) is 0 Å². The number of alkyl halides is 3. The van der Waals surface area contributed by atoms with E-state index in [1.165, 1.54) is 17.8 Å². The number of carbonyl (C=O) groups excluding carboxylic acids is 1. The predicted molar refractivity (Wildman–Crippen MR) is 117 cm³/mol. The van der Waals surface area contributed by atoms with Crippen molar-refractivity contribution in [2.45, 2.75) is 44.0 Å². The summed E-state index contributed by atoms with van der Waals surface area (Å²) in [5, 5.41) is 0. The number of methoxy groups -OCH3 is 1. The lowest BCUT2D eigenvalue weighted by Crippen LogP contribution is -2.41. The Morgan fingerprint density at radius 1 is 1.19 bits per heavy atom. The molecule has 0 bridgehead atoms. The van der Waals surface area contributed by atoms with Crippen LogP contribution < -0.4 is 0 Å². The van der Waals surface area contributed by atoms with Crippen LogP contribution >= 0.6 is 24.0 Å². The second kappa shape index (κ2) is 8.80. The third kappa shape index (κ3) is 4.73. The molecule has 1 amide bonds. The van der Waals surface area contributed by atoms with Crippen LogP contribution in [0, 0.1) is 0 Å². The molecule has 31 heavy (non-hydrogen) atoms. The SMILES string of the molecule is COC1CCC(N2C(=O)/C(=C\c3ccc(-c4cccc(C(F)(F)F)c4)o3)SC2=S)CC1. The van der Waals surface area contributed by atoms with Crippen LogP contribution in [0.4, 0.5) is 13.2 Å². The number of amides is 1. The van der Waals surface area contributed by atoms with Crippen molar-refractivity contribution < 1.29 is 27.1 Å². The number of benzene rings is 1. The van der Waals surface area contributed by atoms with Crippen molar-refractivity contribution in [1.82, 2.24) is 4.90 Å². The molecule has 0 unspecified atom stereocenters. The van der Waals surface area contributed by atoms with E-state index in [4.69, 9.17) is 21.4 Å². The van der Waals surface area contributed by atoms with E-state index >= 15 is 0 Å². The Labute approximate surface area is 187 Å². The number of thiocarbonyl (C=S) groups is 1. The quantitative estimate of drug-likeness (QED) is 0.400. The van der Waals surface area contributed by atoms with Crippen molar-refractivity contribution in [2.24, 2.45) is 0 Å². The molecule has 2 fully saturated rings. The molecular formula is C22H20F3NO3S2. The van der Waals surface area contributed by atoms with E-state index in [0.717, 1.165) is 37.8 Å². The minimum absolute atomic E-state index is 0.0575. The summed E-state index contributed by atoms with van der Waals surface area (Å²) in [7, 11) is 1.70. The van der Waals surface area contributed by atoms with Gasteiger partial charge in [-0.3, -0.25) is 9.69 Å². The van der Waals surface area contributed by atoms with E-state index in [1.807, 2.05) is 0 Å². The smallest absolute Gasteiger partial charge is 0.416 e. The van der Waals surface area contributed by atoms with Gasteiger partial charge in [0, 0.05) is 24.8 Å². The molecule has 4 nitrogen and oxygen atoms in total. The van der Waals surface area contributed by atoms with E-state index in [-0.39, 0.29) is 18.1 Å². The molecule has 2 aliphatic rings. The Morgan fingerprint density at radius 2 is 1.94 bits per heavy atom. The number of nitrogens with zero attached hydrogens (tertiary/aromatic N) is 1. The second-order valence-corrected chi connectivity index (χ2v) is 9.17. The van der Waals surface area contributed by atoms with Crippen molar-refractivity contribution in [3.63, 3.8) is 0 Å². The molecule has 0 atom stereocenters. The minimum atomic E-state index is -4.43. The molecule has 2 heterocycles. The molecule has 1 saturated heterocycles. The highest BCUT2D eigenvalue weighted by atomic mass is 32.2. The zero-order chi connectivity index (χ0) is 22.2. The van der Waals surface area contributed by atoms with Crippen LogP contribution in [0.3, 0.4) is 0 Å². The lowest BCUT2D eigenvalue weighted by molar-refractivity contribution is -0.137. The fourth-order valence-electron chi connectivity index (χ4n) is 3.90. The molecule has 9 heteroatoms. The Bertz CT molecular complexity index is 1020. The zero-order valence-electron chi connectivity index (χ0n) is 16.6. The summed E-state index contributed by atoms with van der Waals surface area (Å²) >= 11 is 6.66. The van der Waals surface area contributed by atoms with Crippen LogP contribution in [0.25, 0.3) is 17.4 Å². The zero-order valence-corrected chi connectivity index (χ0v) is 18.3. The molecule has 1 saturated carbocycles. The summed E-state index contributed by atoms with van der Waals surface area (Å²) < 4.78 is 50.5. The predicted octanol–water partition coefficient (Wildman–Crippen LogP) is 6.12. The first-order valence-electron chi connectivity index (χ1n) is 9.83. The molecule has 0 N–H and O–H groups in total. The second-order valence-electron chi connectivity index (χ2n) is 7.50. The molecule has 2 aromatic rings. The third-order valence-corrected chi connectivity index (χ3v) is 6.87. The summed E-state index contributed by atoms with van der Waals surface area (Å²) in [6.07, 6.45) is 0.824. The number of halogens is 3. The highest BCUT2D eigenvalue weighted by Crippen LogP contribution is 2.38. The molecule has 4 rings (SSSR count). The van der Waals surface area contributed by atoms with Crippen LogP contribution in [0.15, 0.2) is 45.7 Å². The highest BCUT2D eigenvalue weighted by Gasteiger charge is 2.39. The normalized spacial score (nSPS) is 23.7. The van der Waals surface area contributed by atoms with Crippen LogP contribution in [-0.4, -0.2) is 34.4 Å². The molecule has 0 spiro atoms.